The van der Waals surface area contributed by atoms with E-state index in [-0.39, 0.29) is 11.3 Å². The average molecular weight is 385 g/mol. The number of fused-ring (bicyclic) bond motifs is 2. The van der Waals surface area contributed by atoms with Crippen LogP contribution < -0.4 is 15.5 Å². The lowest BCUT2D eigenvalue weighted by Gasteiger charge is -2.05. The van der Waals surface area contributed by atoms with E-state index in [2.05, 4.69) is 5.32 Å². The van der Waals surface area contributed by atoms with E-state index in [9.17, 15) is 9.59 Å². The molecule has 0 radical (unpaired) electrons. The molecule has 0 bridgehead atoms. The number of nitrogens with one attached hydrogen (secondary N) is 1. The molecule has 4 aromatic rings. The van der Waals surface area contributed by atoms with E-state index in [0.717, 1.165) is 11.3 Å². The van der Waals surface area contributed by atoms with Gasteiger partial charge in [-0.15, -0.1) is 0 Å². The molecule has 5 nitrogen and oxygen atoms in total. The van der Waals surface area contributed by atoms with Gasteiger partial charge in [-0.2, -0.15) is 0 Å². The fourth-order valence-electron chi connectivity index (χ4n) is 3.08. The van der Waals surface area contributed by atoms with E-state index in [1.54, 1.807) is 42.5 Å². The Balaban J connectivity index is 1.53. The summed E-state index contributed by atoms with van der Waals surface area (Å²) < 4.78 is 11.2. The van der Waals surface area contributed by atoms with E-state index in [0.29, 0.717) is 34.2 Å². The Bertz CT molecular complexity index is 1270. The van der Waals surface area contributed by atoms with Crippen LogP contribution in [0.4, 0.5) is 5.69 Å². The van der Waals surface area contributed by atoms with E-state index in [1.807, 2.05) is 37.3 Å². The molecule has 5 heteroatoms. The molecule has 0 aliphatic rings. The number of carbonyl (C=O) groups is 1. The minimum Gasteiger partial charge on any atom is -0.494 e. The van der Waals surface area contributed by atoms with Crippen LogP contribution >= 0.6 is 0 Å². The second kappa shape index (κ2) is 8.02. The molecular formula is C24H19NO4. The van der Waals surface area contributed by atoms with Gasteiger partial charge in [-0.1, -0.05) is 24.3 Å². The molecule has 144 valence electrons. The fourth-order valence-corrected chi connectivity index (χ4v) is 3.08. The van der Waals surface area contributed by atoms with Gasteiger partial charge in [0.15, 0.2) is 0 Å². The van der Waals surface area contributed by atoms with E-state index in [1.165, 1.54) is 6.08 Å². The maximum Gasteiger partial charge on any atom is 0.248 e. The molecule has 3 aromatic carbocycles. The molecule has 0 atom stereocenters. The molecule has 0 spiro atoms. The second-order valence-electron chi connectivity index (χ2n) is 6.46. The summed E-state index contributed by atoms with van der Waals surface area (Å²) in [5.41, 5.74) is 2.30. The van der Waals surface area contributed by atoms with Gasteiger partial charge >= 0.3 is 0 Å². The number of benzene rings is 3. The highest BCUT2D eigenvalue weighted by Gasteiger charge is 2.08. The minimum absolute atomic E-state index is 0.0879. The van der Waals surface area contributed by atoms with Gasteiger partial charge in [0.25, 0.3) is 0 Å². The molecule has 0 saturated heterocycles. The van der Waals surface area contributed by atoms with E-state index < -0.39 is 0 Å². The summed E-state index contributed by atoms with van der Waals surface area (Å²) in [5, 5.41) is 3.81. The van der Waals surface area contributed by atoms with Crippen LogP contribution in [0, 0.1) is 0 Å². The lowest BCUT2D eigenvalue weighted by atomic mass is 10.1. The first kappa shape index (κ1) is 18.5. The summed E-state index contributed by atoms with van der Waals surface area (Å²) >= 11 is 0. The standard InChI is InChI=1S/C24H19NO4/c1-2-28-18-11-7-16(8-12-18)9-14-23(26)25-17-10-13-20-22(15-17)29-21-6-4-3-5-19(21)24(20)27/h3-15H,2H2,1H3,(H,25,26)/b14-9+. The van der Waals surface area contributed by atoms with Crippen LogP contribution in [0.3, 0.4) is 0 Å². The fraction of sp³-hybridized carbons (Fsp3) is 0.0833. The van der Waals surface area contributed by atoms with Crippen molar-refractivity contribution in [1.29, 1.82) is 0 Å². The molecule has 0 unspecified atom stereocenters. The number of rotatable bonds is 5. The van der Waals surface area contributed by atoms with Gasteiger partial charge in [0.05, 0.1) is 17.4 Å². The molecule has 1 N–H and O–H groups in total. The molecule has 0 aliphatic carbocycles. The first-order valence-electron chi connectivity index (χ1n) is 9.31. The van der Waals surface area contributed by atoms with Crippen LogP contribution in [0.1, 0.15) is 12.5 Å². The molecule has 0 fully saturated rings. The highest BCUT2D eigenvalue weighted by atomic mass is 16.5. The largest absolute Gasteiger partial charge is 0.494 e. The van der Waals surface area contributed by atoms with Gasteiger partial charge in [0, 0.05) is 17.8 Å². The van der Waals surface area contributed by atoms with Crippen molar-refractivity contribution >= 4 is 39.6 Å². The van der Waals surface area contributed by atoms with Gasteiger partial charge in [0.1, 0.15) is 16.9 Å². The molecule has 1 aromatic heterocycles. The highest BCUT2D eigenvalue weighted by molar-refractivity contribution is 6.03. The van der Waals surface area contributed by atoms with Crippen molar-refractivity contribution < 1.29 is 13.9 Å². The van der Waals surface area contributed by atoms with Crippen LogP contribution in [0.15, 0.2) is 82.0 Å². The van der Waals surface area contributed by atoms with Crippen molar-refractivity contribution in [2.75, 3.05) is 11.9 Å². The second-order valence-corrected chi connectivity index (χ2v) is 6.46. The average Bonchev–Trinajstić information content (AvgIpc) is 2.73. The van der Waals surface area contributed by atoms with Crippen molar-refractivity contribution in [3.63, 3.8) is 0 Å². The van der Waals surface area contributed by atoms with Crippen LogP contribution in [0.25, 0.3) is 28.0 Å². The normalized spacial score (nSPS) is 11.2. The number of para-hydroxylation sites is 1. The Hall–Kier alpha value is -3.86. The lowest BCUT2D eigenvalue weighted by molar-refractivity contribution is -0.111. The quantitative estimate of drug-likeness (QED) is 0.388. The van der Waals surface area contributed by atoms with Crippen molar-refractivity contribution in [3.05, 3.63) is 88.6 Å². The number of carbonyl (C=O) groups excluding carboxylic acids is 1. The number of hydrogen-bond acceptors (Lipinski definition) is 4. The third-order valence-electron chi connectivity index (χ3n) is 4.46. The van der Waals surface area contributed by atoms with Gasteiger partial charge in [-0.3, -0.25) is 9.59 Å². The zero-order chi connectivity index (χ0) is 20.2. The third kappa shape index (κ3) is 4.04. The van der Waals surface area contributed by atoms with Gasteiger partial charge in [0.2, 0.25) is 11.3 Å². The third-order valence-corrected chi connectivity index (χ3v) is 4.46. The van der Waals surface area contributed by atoms with Crippen molar-refractivity contribution in [2.24, 2.45) is 0 Å². The van der Waals surface area contributed by atoms with E-state index >= 15 is 0 Å². The van der Waals surface area contributed by atoms with Crippen LogP contribution in [0.5, 0.6) is 5.75 Å². The summed E-state index contributed by atoms with van der Waals surface area (Å²) in [6.45, 7) is 2.54. The monoisotopic (exact) mass is 385 g/mol. The summed E-state index contributed by atoms with van der Waals surface area (Å²) in [4.78, 5) is 24.8. The SMILES string of the molecule is CCOc1ccc(/C=C/C(=O)Nc2ccc3c(=O)c4ccccc4oc3c2)cc1. The number of amides is 1. The van der Waals surface area contributed by atoms with E-state index in [4.69, 9.17) is 9.15 Å². The topological polar surface area (TPSA) is 68.5 Å². The van der Waals surface area contributed by atoms with Crippen molar-refractivity contribution in [2.45, 2.75) is 6.92 Å². The van der Waals surface area contributed by atoms with Gasteiger partial charge < -0.3 is 14.5 Å². The molecule has 1 amide bonds. The summed E-state index contributed by atoms with van der Waals surface area (Å²) in [6, 6.07) is 19.6. The number of ether oxygens (including phenoxy) is 1. The zero-order valence-electron chi connectivity index (χ0n) is 15.8. The predicted octanol–water partition coefficient (Wildman–Crippen LogP) is 5.00. The molecule has 1 heterocycles. The molecule has 0 aliphatic heterocycles. The first-order valence-corrected chi connectivity index (χ1v) is 9.31. The predicted molar refractivity (Wildman–Crippen MR) is 115 cm³/mol. The molecule has 29 heavy (non-hydrogen) atoms. The first-order chi connectivity index (χ1) is 14.1. The summed E-state index contributed by atoms with van der Waals surface area (Å²) in [5.74, 6) is 0.514. The minimum atomic E-state index is -0.277. The Morgan fingerprint density at radius 2 is 1.76 bits per heavy atom. The Labute approximate surface area is 167 Å². The highest BCUT2D eigenvalue weighted by Crippen LogP contribution is 2.21. The maximum absolute atomic E-state index is 12.6. The zero-order valence-corrected chi connectivity index (χ0v) is 15.8. The number of anilines is 1. The summed E-state index contributed by atoms with van der Waals surface area (Å²) in [6.07, 6.45) is 3.18. The Kier molecular flexibility index (Phi) is 5.12. The maximum atomic E-state index is 12.6. The van der Waals surface area contributed by atoms with Gasteiger partial charge in [-0.25, -0.2) is 0 Å². The summed E-state index contributed by atoms with van der Waals surface area (Å²) in [7, 11) is 0. The van der Waals surface area contributed by atoms with Gasteiger partial charge in [-0.05, 0) is 55.0 Å². The molecule has 0 saturated carbocycles. The smallest absolute Gasteiger partial charge is 0.248 e. The molecular weight excluding hydrogens is 366 g/mol. The molecule has 4 rings (SSSR count). The van der Waals surface area contributed by atoms with Crippen LogP contribution in [0.2, 0.25) is 0 Å². The van der Waals surface area contributed by atoms with Crippen LogP contribution in [-0.4, -0.2) is 12.5 Å². The van der Waals surface area contributed by atoms with Crippen molar-refractivity contribution in [1.82, 2.24) is 0 Å². The lowest BCUT2D eigenvalue weighted by Crippen LogP contribution is -2.08. The van der Waals surface area contributed by atoms with Crippen molar-refractivity contribution in [3.8, 4) is 5.75 Å². The Morgan fingerprint density at radius 3 is 2.55 bits per heavy atom. The Morgan fingerprint density at radius 1 is 1.00 bits per heavy atom. The number of hydrogen-bond donors (Lipinski definition) is 1. The van der Waals surface area contributed by atoms with Crippen LogP contribution in [-0.2, 0) is 4.79 Å².